The fourth-order valence-electron chi connectivity index (χ4n) is 3.21. The Morgan fingerprint density at radius 2 is 2.31 bits per heavy atom. The smallest absolute Gasteiger partial charge is 0.246 e. The molecule has 134 valence electrons. The van der Waals surface area contributed by atoms with E-state index in [0.29, 0.717) is 19.6 Å². The molecule has 0 radical (unpaired) electrons. The maximum Gasteiger partial charge on any atom is 0.246 e. The maximum atomic E-state index is 12.8. The van der Waals surface area contributed by atoms with Gasteiger partial charge < -0.3 is 9.84 Å². The van der Waals surface area contributed by atoms with Crippen LogP contribution in [0.2, 0.25) is 0 Å². The van der Waals surface area contributed by atoms with Crippen LogP contribution < -0.4 is 5.32 Å². The van der Waals surface area contributed by atoms with Gasteiger partial charge in [0, 0.05) is 50.8 Å². The predicted molar refractivity (Wildman–Crippen MR) is 92.7 cm³/mol. The van der Waals surface area contributed by atoms with Crippen LogP contribution in [-0.4, -0.2) is 37.3 Å². The molecule has 8 heteroatoms. The lowest BCUT2D eigenvalue weighted by Crippen LogP contribution is -2.44. The summed E-state index contributed by atoms with van der Waals surface area (Å²) in [5, 5.41) is 11.4. The van der Waals surface area contributed by atoms with Gasteiger partial charge in [0.25, 0.3) is 0 Å². The number of aryl methyl sites for hydroxylation is 1. The van der Waals surface area contributed by atoms with Gasteiger partial charge in [-0.3, -0.25) is 19.4 Å². The van der Waals surface area contributed by atoms with E-state index in [4.69, 9.17) is 4.52 Å². The number of rotatable bonds is 5. The summed E-state index contributed by atoms with van der Waals surface area (Å²) in [7, 11) is 0. The van der Waals surface area contributed by atoms with Gasteiger partial charge >= 0.3 is 0 Å². The van der Waals surface area contributed by atoms with Crippen molar-refractivity contribution in [3.63, 3.8) is 0 Å². The molecule has 0 spiro atoms. The molecule has 1 aliphatic heterocycles. The molecule has 3 aromatic rings. The third-order valence-corrected chi connectivity index (χ3v) is 4.42. The minimum Gasteiger partial charge on any atom is -0.361 e. The van der Waals surface area contributed by atoms with Crippen molar-refractivity contribution in [1.29, 1.82) is 0 Å². The summed E-state index contributed by atoms with van der Waals surface area (Å²) in [6.45, 7) is 4.24. The van der Waals surface area contributed by atoms with Gasteiger partial charge in [0.2, 0.25) is 5.91 Å². The molecule has 0 aliphatic carbocycles. The fourth-order valence-corrected chi connectivity index (χ4v) is 3.21. The SMILES string of the molecule is Cc1cc(CN2Cc3ccnn3[C@@H](C(=O)NCc3cccnc3)C2)no1. The molecule has 8 nitrogen and oxygen atoms in total. The number of aromatic nitrogens is 4. The Hall–Kier alpha value is -3.00. The number of pyridine rings is 1. The van der Waals surface area contributed by atoms with Crippen LogP contribution in [0.5, 0.6) is 0 Å². The van der Waals surface area contributed by atoms with Crippen molar-refractivity contribution >= 4 is 5.91 Å². The molecule has 0 saturated heterocycles. The summed E-state index contributed by atoms with van der Waals surface area (Å²) in [6, 6.07) is 7.28. The van der Waals surface area contributed by atoms with Crippen LogP contribution in [0.25, 0.3) is 0 Å². The summed E-state index contributed by atoms with van der Waals surface area (Å²) in [4.78, 5) is 19.0. The Balaban J connectivity index is 1.46. The molecular formula is C18H20N6O2. The van der Waals surface area contributed by atoms with Crippen LogP contribution in [0.4, 0.5) is 0 Å². The van der Waals surface area contributed by atoms with Crippen LogP contribution in [0, 0.1) is 6.92 Å². The molecule has 4 heterocycles. The minimum atomic E-state index is -0.376. The molecule has 1 amide bonds. The Morgan fingerprint density at radius 3 is 3.08 bits per heavy atom. The van der Waals surface area contributed by atoms with Crippen LogP contribution in [0.3, 0.4) is 0 Å². The van der Waals surface area contributed by atoms with E-state index < -0.39 is 0 Å². The highest BCUT2D eigenvalue weighted by molar-refractivity contribution is 5.80. The van der Waals surface area contributed by atoms with Gasteiger partial charge in [-0.25, -0.2) is 0 Å². The Labute approximate surface area is 150 Å². The Bertz CT molecular complexity index is 888. The van der Waals surface area contributed by atoms with Crippen molar-refractivity contribution in [2.24, 2.45) is 0 Å². The van der Waals surface area contributed by atoms with Gasteiger partial charge in [-0.05, 0) is 24.6 Å². The molecular weight excluding hydrogens is 332 g/mol. The standard InChI is InChI=1S/C18H20N6O2/c1-13-7-15(22-26-13)10-23-11-16-4-6-21-24(16)17(12-23)18(25)20-9-14-3-2-5-19-8-14/h2-8,17H,9-12H2,1H3,(H,20,25)/t17-/m1/s1. The van der Waals surface area contributed by atoms with E-state index in [1.807, 2.05) is 35.9 Å². The topological polar surface area (TPSA) is 89.1 Å². The lowest BCUT2D eigenvalue weighted by Gasteiger charge is -2.32. The normalized spacial score (nSPS) is 17.0. The largest absolute Gasteiger partial charge is 0.361 e. The molecule has 26 heavy (non-hydrogen) atoms. The van der Waals surface area contributed by atoms with E-state index in [-0.39, 0.29) is 11.9 Å². The third kappa shape index (κ3) is 3.50. The summed E-state index contributed by atoms with van der Waals surface area (Å²) >= 11 is 0. The van der Waals surface area contributed by atoms with Crippen molar-refractivity contribution in [3.05, 3.63) is 65.6 Å². The van der Waals surface area contributed by atoms with Gasteiger partial charge in [-0.2, -0.15) is 5.10 Å². The number of hydrogen-bond acceptors (Lipinski definition) is 6. The number of hydrogen-bond donors (Lipinski definition) is 1. The van der Waals surface area contributed by atoms with E-state index in [0.717, 1.165) is 29.3 Å². The van der Waals surface area contributed by atoms with Gasteiger partial charge in [0.15, 0.2) is 0 Å². The van der Waals surface area contributed by atoms with E-state index >= 15 is 0 Å². The molecule has 0 unspecified atom stereocenters. The molecule has 3 aromatic heterocycles. The number of fused-ring (bicyclic) bond motifs is 1. The fraction of sp³-hybridized carbons (Fsp3) is 0.333. The Kier molecular flexibility index (Phi) is 4.49. The van der Waals surface area contributed by atoms with Crippen molar-refractivity contribution < 1.29 is 9.32 Å². The second-order valence-corrected chi connectivity index (χ2v) is 6.46. The third-order valence-electron chi connectivity index (χ3n) is 4.42. The van der Waals surface area contributed by atoms with Crippen molar-refractivity contribution in [1.82, 2.24) is 30.1 Å². The van der Waals surface area contributed by atoms with Crippen LogP contribution in [0.1, 0.15) is 28.8 Å². The Morgan fingerprint density at radius 1 is 1.38 bits per heavy atom. The van der Waals surface area contributed by atoms with Crippen molar-refractivity contribution in [3.8, 4) is 0 Å². The highest BCUT2D eigenvalue weighted by Gasteiger charge is 2.31. The minimum absolute atomic E-state index is 0.0557. The number of nitrogens with zero attached hydrogens (tertiary/aromatic N) is 5. The van der Waals surface area contributed by atoms with Gasteiger partial charge in [0.05, 0.1) is 11.4 Å². The molecule has 4 rings (SSSR count). The molecule has 1 N–H and O–H groups in total. The maximum absolute atomic E-state index is 12.8. The summed E-state index contributed by atoms with van der Waals surface area (Å²) in [6.07, 6.45) is 5.20. The van der Waals surface area contributed by atoms with E-state index in [2.05, 4.69) is 25.5 Å². The first-order chi connectivity index (χ1) is 12.7. The zero-order valence-electron chi connectivity index (χ0n) is 14.5. The number of nitrogens with one attached hydrogen (secondary N) is 1. The average Bonchev–Trinajstić information content (AvgIpc) is 3.28. The monoisotopic (exact) mass is 352 g/mol. The van der Waals surface area contributed by atoms with Crippen molar-refractivity contribution in [2.45, 2.75) is 32.6 Å². The lowest BCUT2D eigenvalue weighted by atomic mass is 10.1. The number of carbonyl (C=O) groups is 1. The molecule has 1 atom stereocenters. The second-order valence-electron chi connectivity index (χ2n) is 6.46. The van der Waals surface area contributed by atoms with E-state index in [1.54, 1.807) is 18.6 Å². The highest BCUT2D eigenvalue weighted by Crippen LogP contribution is 2.22. The zero-order valence-corrected chi connectivity index (χ0v) is 14.5. The average molecular weight is 352 g/mol. The summed E-state index contributed by atoms with van der Waals surface area (Å²) < 4.78 is 6.95. The summed E-state index contributed by atoms with van der Waals surface area (Å²) in [5.41, 5.74) is 2.84. The molecule has 0 bridgehead atoms. The van der Waals surface area contributed by atoms with Crippen LogP contribution in [0.15, 0.2) is 47.4 Å². The van der Waals surface area contributed by atoms with E-state index in [1.165, 1.54) is 0 Å². The first kappa shape index (κ1) is 16.5. The van der Waals surface area contributed by atoms with Crippen molar-refractivity contribution in [2.75, 3.05) is 6.54 Å². The van der Waals surface area contributed by atoms with Crippen LogP contribution >= 0.6 is 0 Å². The first-order valence-corrected chi connectivity index (χ1v) is 8.52. The van der Waals surface area contributed by atoms with Gasteiger partial charge in [-0.15, -0.1) is 0 Å². The quantitative estimate of drug-likeness (QED) is 0.748. The van der Waals surface area contributed by atoms with Gasteiger partial charge in [-0.1, -0.05) is 11.2 Å². The first-order valence-electron chi connectivity index (χ1n) is 8.52. The second kappa shape index (κ2) is 7.09. The van der Waals surface area contributed by atoms with E-state index in [9.17, 15) is 4.79 Å². The zero-order chi connectivity index (χ0) is 17.9. The number of amides is 1. The van der Waals surface area contributed by atoms with Crippen LogP contribution in [-0.2, 0) is 24.4 Å². The molecule has 1 aliphatic rings. The van der Waals surface area contributed by atoms with Gasteiger partial charge in [0.1, 0.15) is 11.8 Å². The lowest BCUT2D eigenvalue weighted by molar-refractivity contribution is -0.126. The molecule has 0 fully saturated rings. The molecule has 0 aromatic carbocycles. The molecule has 0 saturated carbocycles. The predicted octanol–water partition coefficient (Wildman–Crippen LogP) is 1.45. The number of carbonyl (C=O) groups excluding carboxylic acids is 1. The highest BCUT2D eigenvalue weighted by atomic mass is 16.5. The summed E-state index contributed by atoms with van der Waals surface area (Å²) in [5.74, 6) is 0.729.